The Kier molecular flexibility index (Phi) is 6.02. The minimum Gasteiger partial charge on any atom is -0.351 e. The number of amides is 3. The lowest BCUT2D eigenvalue weighted by molar-refractivity contribution is -0.131. The molecule has 1 aliphatic rings. The predicted octanol–water partition coefficient (Wildman–Crippen LogP) is 2.43. The highest BCUT2D eigenvalue weighted by Crippen LogP contribution is 2.28. The Morgan fingerprint density at radius 1 is 1.04 bits per heavy atom. The lowest BCUT2D eigenvalue weighted by atomic mass is 9.85. The summed E-state index contributed by atoms with van der Waals surface area (Å²) in [5, 5.41) is 0. The molecule has 1 unspecified atom stereocenters. The minimum atomic E-state index is -0.399. The van der Waals surface area contributed by atoms with Crippen molar-refractivity contribution in [3.63, 3.8) is 0 Å². The van der Waals surface area contributed by atoms with Gasteiger partial charge in [0.25, 0.3) is 0 Å². The highest BCUT2D eigenvalue weighted by molar-refractivity contribution is 5.77. The number of nitrogens with two attached hydrogens (primary N) is 1. The number of hydrogen-bond acceptors (Lipinski definition) is 2. The number of carbonyl (C=O) groups is 2. The Bertz CT molecular complexity index is 530. The molecular formula is C18H27N3O2. The molecule has 1 aromatic carbocycles. The first-order chi connectivity index (χ1) is 11.0. The van der Waals surface area contributed by atoms with Gasteiger partial charge < -0.3 is 15.5 Å². The lowest BCUT2D eigenvalue weighted by Gasteiger charge is -2.26. The molecule has 0 aliphatic carbocycles. The van der Waals surface area contributed by atoms with Crippen LogP contribution in [0.2, 0.25) is 0 Å². The molecular weight excluding hydrogens is 290 g/mol. The van der Waals surface area contributed by atoms with Crippen molar-refractivity contribution in [3.8, 4) is 0 Å². The summed E-state index contributed by atoms with van der Waals surface area (Å²) in [6, 6.07) is 9.82. The van der Waals surface area contributed by atoms with Gasteiger partial charge in [0.15, 0.2) is 0 Å². The third-order valence-electron chi connectivity index (χ3n) is 4.59. The molecule has 0 aromatic heterocycles. The summed E-state index contributed by atoms with van der Waals surface area (Å²) in [4.78, 5) is 27.5. The van der Waals surface area contributed by atoms with E-state index in [9.17, 15) is 9.59 Å². The van der Waals surface area contributed by atoms with Crippen LogP contribution in [0.3, 0.4) is 0 Å². The van der Waals surface area contributed by atoms with Crippen LogP contribution in [0, 0.1) is 5.92 Å². The average Bonchev–Trinajstić information content (AvgIpc) is 2.79. The smallest absolute Gasteiger partial charge is 0.314 e. The normalized spacial score (nSPS) is 17.0. The summed E-state index contributed by atoms with van der Waals surface area (Å²) in [6.45, 7) is 6.73. The number of carbonyl (C=O) groups excluding carboxylic acids is 2. The standard InChI is InChI=1S/C18H27N3O2/c1-14(2)16(15-7-4-3-5-8-15)13-17(22)20-9-6-10-21(12-11-20)18(19)23/h3-5,7-8,14,16H,6,9-13H2,1-2H3,(H2,19,23). The fourth-order valence-electron chi connectivity index (χ4n) is 3.14. The van der Waals surface area contributed by atoms with Crippen LogP contribution in [0.4, 0.5) is 4.79 Å². The van der Waals surface area contributed by atoms with Crippen molar-refractivity contribution in [3.05, 3.63) is 35.9 Å². The van der Waals surface area contributed by atoms with Crippen LogP contribution >= 0.6 is 0 Å². The van der Waals surface area contributed by atoms with Crippen LogP contribution in [0.15, 0.2) is 30.3 Å². The van der Waals surface area contributed by atoms with Crippen molar-refractivity contribution >= 4 is 11.9 Å². The Hall–Kier alpha value is -2.04. The van der Waals surface area contributed by atoms with E-state index in [4.69, 9.17) is 5.73 Å². The summed E-state index contributed by atoms with van der Waals surface area (Å²) in [6.07, 6.45) is 1.30. The van der Waals surface area contributed by atoms with Gasteiger partial charge in [-0.2, -0.15) is 0 Å². The van der Waals surface area contributed by atoms with E-state index < -0.39 is 6.03 Å². The van der Waals surface area contributed by atoms with Crippen molar-refractivity contribution in [1.82, 2.24) is 9.80 Å². The van der Waals surface area contributed by atoms with E-state index in [0.717, 1.165) is 6.42 Å². The molecule has 2 N–H and O–H groups in total. The highest BCUT2D eigenvalue weighted by atomic mass is 16.2. The van der Waals surface area contributed by atoms with E-state index in [1.807, 2.05) is 23.1 Å². The molecule has 0 radical (unpaired) electrons. The Labute approximate surface area is 138 Å². The second kappa shape index (κ2) is 7.99. The first kappa shape index (κ1) is 17.3. The van der Waals surface area contributed by atoms with Crippen molar-refractivity contribution in [1.29, 1.82) is 0 Å². The number of benzene rings is 1. The summed E-state index contributed by atoms with van der Waals surface area (Å²) in [5.41, 5.74) is 6.55. The van der Waals surface area contributed by atoms with E-state index in [-0.39, 0.29) is 11.8 Å². The van der Waals surface area contributed by atoms with Crippen molar-refractivity contribution in [2.45, 2.75) is 32.6 Å². The average molecular weight is 317 g/mol. The molecule has 1 atom stereocenters. The van der Waals surface area contributed by atoms with Gasteiger partial charge in [-0.15, -0.1) is 0 Å². The van der Waals surface area contributed by atoms with Gasteiger partial charge in [-0.3, -0.25) is 4.79 Å². The molecule has 23 heavy (non-hydrogen) atoms. The van der Waals surface area contributed by atoms with Crippen molar-refractivity contribution in [2.24, 2.45) is 11.7 Å². The molecule has 126 valence electrons. The Morgan fingerprint density at radius 3 is 2.26 bits per heavy atom. The number of hydrogen-bond donors (Lipinski definition) is 1. The molecule has 2 rings (SSSR count). The molecule has 5 heteroatoms. The molecule has 1 aliphatic heterocycles. The molecule has 5 nitrogen and oxygen atoms in total. The zero-order valence-electron chi connectivity index (χ0n) is 14.1. The zero-order valence-corrected chi connectivity index (χ0v) is 14.1. The van der Waals surface area contributed by atoms with Crippen LogP contribution in [-0.4, -0.2) is 47.9 Å². The van der Waals surface area contributed by atoms with Gasteiger partial charge in [-0.1, -0.05) is 44.2 Å². The molecule has 0 saturated carbocycles. The number of primary amides is 1. The van der Waals surface area contributed by atoms with Gasteiger partial charge in [0, 0.05) is 32.6 Å². The topological polar surface area (TPSA) is 66.6 Å². The SMILES string of the molecule is CC(C)C(CC(=O)N1CCCN(C(N)=O)CC1)c1ccccc1. The minimum absolute atomic E-state index is 0.166. The maximum Gasteiger partial charge on any atom is 0.314 e. The van der Waals surface area contributed by atoms with Crippen LogP contribution in [0.1, 0.15) is 38.2 Å². The lowest BCUT2D eigenvalue weighted by Crippen LogP contribution is -2.40. The monoisotopic (exact) mass is 317 g/mol. The summed E-state index contributed by atoms with van der Waals surface area (Å²) in [5.74, 6) is 0.786. The van der Waals surface area contributed by atoms with E-state index in [0.29, 0.717) is 38.5 Å². The molecule has 0 bridgehead atoms. The quantitative estimate of drug-likeness (QED) is 0.927. The van der Waals surface area contributed by atoms with Crippen LogP contribution in [-0.2, 0) is 4.79 Å². The fraction of sp³-hybridized carbons (Fsp3) is 0.556. The first-order valence-electron chi connectivity index (χ1n) is 8.36. The van der Waals surface area contributed by atoms with E-state index in [1.165, 1.54) is 5.56 Å². The van der Waals surface area contributed by atoms with Gasteiger partial charge in [0.05, 0.1) is 0 Å². The molecule has 1 heterocycles. The van der Waals surface area contributed by atoms with E-state index >= 15 is 0 Å². The molecule has 1 fully saturated rings. The predicted molar refractivity (Wildman–Crippen MR) is 91.0 cm³/mol. The summed E-state index contributed by atoms with van der Waals surface area (Å²) < 4.78 is 0. The molecule has 1 saturated heterocycles. The first-order valence-corrected chi connectivity index (χ1v) is 8.36. The third kappa shape index (κ3) is 4.71. The summed E-state index contributed by atoms with van der Waals surface area (Å²) in [7, 11) is 0. The van der Waals surface area contributed by atoms with Crippen molar-refractivity contribution < 1.29 is 9.59 Å². The maximum absolute atomic E-state index is 12.7. The molecule has 3 amide bonds. The van der Waals surface area contributed by atoms with Crippen LogP contribution in [0.5, 0.6) is 0 Å². The fourth-order valence-corrected chi connectivity index (χ4v) is 3.14. The Morgan fingerprint density at radius 2 is 1.65 bits per heavy atom. The van der Waals surface area contributed by atoms with Gasteiger partial charge in [-0.05, 0) is 23.8 Å². The molecule has 0 spiro atoms. The van der Waals surface area contributed by atoms with E-state index in [1.54, 1.807) is 4.90 Å². The number of nitrogens with zero attached hydrogens (tertiary/aromatic N) is 2. The van der Waals surface area contributed by atoms with Gasteiger partial charge in [-0.25, -0.2) is 4.79 Å². The number of urea groups is 1. The van der Waals surface area contributed by atoms with Gasteiger partial charge in [0.1, 0.15) is 0 Å². The second-order valence-corrected chi connectivity index (χ2v) is 6.52. The highest BCUT2D eigenvalue weighted by Gasteiger charge is 2.25. The second-order valence-electron chi connectivity index (χ2n) is 6.52. The zero-order chi connectivity index (χ0) is 16.8. The maximum atomic E-state index is 12.7. The van der Waals surface area contributed by atoms with Crippen LogP contribution in [0.25, 0.3) is 0 Å². The van der Waals surface area contributed by atoms with Crippen molar-refractivity contribution in [2.75, 3.05) is 26.2 Å². The summed E-state index contributed by atoms with van der Waals surface area (Å²) >= 11 is 0. The Balaban J connectivity index is 2.00. The molecule has 1 aromatic rings. The van der Waals surface area contributed by atoms with Crippen LogP contribution < -0.4 is 5.73 Å². The number of rotatable bonds is 4. The largest absolute Gasteiger partial charge is 0.351 e. The third-order valence-corrected chi connectivity index (χ3v) is 4.59. The van der Waals surface area contributed by atoms with E-state index in [2.05, 4.69) is 26.0 Å². The van der Waals surface area contributed by atoms with Gasteiger partial charge >= 0.3 is 6.03 Å². The van der Waals surface area contributed by atoms with Gasteiger partial charge in [0.2, 0.25) is 5.91 Å².